The van der Waals surface area contributed by atoms with Gasteiger partial charge in [0.1, 0.15) is 11.5 Å². The zero-order valence-electron chi connectivity index (χ0n) is 10.8. The van der Waals surface area contributed by atoms with Gasteiger partial charge in [-0.1, -0.05) is 32.1 Å². The number of rotatable bonds is 6. The predicted octanol–water partition coefficient (Wildman–Crippen LogP) is 3.58. The number of carbonyl (C=O) groups excluding carboxylic acids is 1. The van der Waals surface area contributed by atoms with Crippen LogP contribution in [0.2, 0.25) is 0 Å². The molecule has 92 valence electrons. The van der Waals surface area contributed by atoms with Gasteiger partial charge in [-0.15, -0.1) is 6.58 Å². The quantitative estimate of drug-likeness (QED) is 0.701. The highest BCUT2D eigenvalue weighted by Crippen LogP contribution is 2.24. The van der Waals surface area contributed by atoms with E-state index in [1.807, 2.05) is 44.2 Å². The van der Waals surface area contributed by atoms with Crippen LogP contribution in [-0.2, 0) is 4.79 Å². The van der Waals surface area contributed by atoms with E-state index in [1.54, 1.807) is 7.11 Å². The van der Waals surface area contributed by atoms with Gasteiger partial charge in [-0.05, 0) is 17.7 Å². The Morgan fingerprint density at radius 2 is 1.94 bits per heavy atom. The van der Waals surface area contributed by atoms with Crippen LogP contribution >= 0.6 is 0 Å². The lowest BCUT2D eigenvalue weighted by molar-refractivity contribution is -0.122. The molecule has 1 atom stereocenters. The molecule has 0 N–H and O–H groups in total. The molecule has 1 aromatic carbocycles. The fraction of sp³-hybridized carbons (Fsp3) is 0.400. The van der Waals surface area contributed by atoms with E-state index in [9.17, 15) is 4.79 Å². The van der Waals surface area contributed by atoms with Gasteiger partial charge in [0, 0.05) is 18.3 Å². The number of Topliss-reactive ketones (excluding diaryl/α,β-unsaturated/α-hetero) is 1. The predicted molar refractivity (Wildman–Crippen MR) is 70.4 cm³/mol. The summed E-state index contributed by atoms with van der Waals surface area (Å²) < 4.78 is 5.11. The number of ether oxygens (including phenoxy) is 1. The molecule has 1 unspecified atom stereocenters. The molecule has 2 heteroatoms. The Morgan fingerprint density at radius 3 is 2.35 bits per heavy atom. The lowest BCUT2D eigenvalue weighted by Gasteiger charge is -2.14. The fourth-order valence-corrected chi connectivity index (χ4v) is 1.64. The number of hydrogen-bond acceptors (Lipinski definition) is 2. The van der Waals surface area contributed by atoms with Crippen molar-refractivity contribution >= 4 is 5.78 Å². The summed E-state index contributed by atoms with van der Waals surface area (Å²) in [5.74, 6) is 1.27. The van der Waals surface area contributed by atoms with Crippen molar-refractivity contribution in [2.24, 2.45) is 5.92 Å². The zero-order chi connectivity index (χ0) is 12.8. The molecule has 0 saturated carbocycles. The van der Waals surface area contributed by atoms with E-state index in [2.05, 4.69) is 6.58 Å². The first-order valence-corrected chi connectivity index (χ1v) is 5.87. The number of ketones is 1. The van der Waals surface area contributed by atoms with E-state index >= 15 is 0 Å². The van der Waals surface area contributed by atoms with Gasteiger partial charge in [0.25, 0.3) is 0 Å². The van der Waals surface area contributed by atoms with Gasteiger partial charge in [-0.2, -0.15) is 0 Å². The van der Waals surface area contributed by atoms with E-state index in [1.165, 1.54) is 0 Å². The highest BCUT2D eigenvalue weighted by Gasteiger charge is 2.15. The molecule has 1 rings (SSSR count). The monoisotopic (exact) mass is 232 g/mol. The normalized spacial score (nSPS) is 12.2. The molecule has 0 amide bonds. The molecule has 0 bridgehead atoms. The minimum Gasteiger partial charge on any atom is -0.497 e. The van der Waals surface area contributed by atoms with E-state index in [-0.39, 0.29) is 17.6 Å². The maximum Gasteiger partial charge on any atom is 0.136 e. The summed E-state index contributed by atoms with van der Waals surface area (Å²) in [5.41, 5.74) is 1.11. The van der Waals surface area contributed by atoms with Gasteiger partial charge >= 0.3 is 0 Å². The summed E-state index contributed by atoms with van der Waals surface area (Å²) in [5, 5.41) is 0. The number of methoxy groups -OCH3 is 1. The molecule has 0 spiro atoms. The lowest BCUT2D eigenvalue weighted by Crippen LogP contribution is -2.11. The summed E-state index contributed by atoms with van der Waals surface area (Å²) in [6.45, 7) is 7.66. The van der Waals surface area contributed by atoms with Crippen LogP contribution in [0.15, 0.2) is 36.9 Å². The molecule has 0 saturated heterocycles. The second-order valence-corrected chi connectivity index (χ2v) is 4.44. The molecular weight excluding hydrogens is 212 g/mol. The molecule has 1 aromatic rings. The van der Waals surface area contributed by atoms with E-state index < -0.39 is 0 Å². The molecule has 0 aliphatic carbocycles. The molecule has 2 nitrogen and oxygen atoms in total. The van der Waals surface area contributed by atoms with Crippen molar-refractivity contribution in [2.75, 3.05) is 7.11 Å². The molecule has 0 aliphatic rings. The largest absolute Gasteiger partial charge is 0.497 e. The minimum absolute atomic E-state index is 0.0794. The van der Waals surface area contributed by atoms with Crippen molar-refractivity contribution in [3.05, 3.63) is 42.5 Å². The fourth-order valence-electron chi connectivity index (χ4n) is 1.64. The summed E-state index contributed by atoms with van der Waals surface area (Å²) in [7, 11) is 1.64. The summed E-state index contributed by atoms with van der Waals surface area (Å²) in [6.07, 6.45) is 2.36. The smallest absolute Gasteiger partial charge is 0.136 e. The second-order valence-electron chi connectivity index (χ2n) is 4.44. The van der Waals surface area contributed by atoms with Crippen LogP contribution in [0.5, 0.6) is 5.75 Å². The molecule has 0 radical (unpaired) electrons. The molecule has 0 fully saturated rings. The SMILES string of the molecule is C=CC(CC(=O)C(C)C)c1ccc(OC)cc1. The van der Waals surface area contributed by atoms with Crippen molar-refractivity contribution in [3.8, 4) is 5.75 Å². The van der Waals surface area contributed by atoms with Crippen molar-refractivity contribution in [3.63, 3.8) is 0 Å². The van der Waals surface area contributed by atoms with Crippen molar-refractivity contribution in [2.45, 2.75) is 26.2 Å². The Hall–Kier alpha value is -1.57. The average Bonchev–Trinajstić information content (AvgIpc) is 2.35. The third-order valence-corrected chi connectivity index (χ3v) is 2.89. The van der Waals surface area contributed by atoms with Crippen LogP contribution in [0.1, 0.15) is 31.7 Å². The van der Waals surface area contributed by atoms with Crippen LogP contribution in [0.4, 0.5) is 0 Å². The third-order valence-electron chi connectivity index (χ3n) is 2.89. The van der Waals surface area contributed by atoms with Gasteiger partial charge in [-0.3, -0.25) is 4.79 Å². The molecule has 0 aromatic heterocycles. The van der Waals surface area contributed by atoms with Crippen LogP contribution in [-0.4, -0.2) is 12.9 Å². The van der Waals surface area contributed by atoms with Crippen LogP contribution < -0.4 is 4.74 Å². The lowest BCUT2D eigenvalue weighted by atomic mass is 9.90. The maximum atomic E-state index is 11.7. The van der Waals surface area contributed by atoms with E-state index in [0.29, 0.717) is 6.42 Å². The summed E-state index contributed by atoms with van der Waals surface area (Å²) >= 11 is 0. The molecule has 0 heterocycles. The Labute approximate surface area is 103 Å². The Bertz CT molecular complexity index is 376. The van der Waals surface area contributed by atoms with Crippen molar-refractivity contribution in [1.29, 1.82) is 0 Å². The Kier molecular flexibility index (Phi) is 4.95. The molecule has 0 aliphatic heterocycles. The first-order valence-electron chi connectivity index (χ1n) is 5.87. The minimum atomic E-state index is 0.0794. The summed E-state index contributed by atoms with van der Waals surface area (Å²) in [4.78, 5) is 11.7. The van der Waals surface area contributed by atoms with Gasteiger partial charge in [-0.25, -0.2) is 0 Å². The van der Waals surface area contributed by atoms with Gasteiger partial charge < -0.3 is 4.74 Å². The van der Waals surface area contributed by atoms with Gasteiger partial charge in [0.2, 0.25) is 0 Å². The second kappa shape index (κ2) is 6.24. The molecular formula is C15H20O2. The zero-order valence-corrected chi connectivity index (χ0v) is 10.8. The van der Waals surface area contributed by atoms with Crippen LogP contribution in [0.3, 0.4) is 0 Å². The topological polar surface area (TPSA) is 26.3 Å². The average molecular weight is 232 g/mol. The van der Waals surface area contributed by atoms with Gasteiger partial charge in [0.05, 0.1) is 7.11 Å². The first-order chi connectivity index (χ1) is 8.08. The third kappa shape index (κ3) is 3.74. The Balaban J connectivity index is 2.79. The van der Waals surface area contributed by atoms with Gasteiger partial charge in [0.15, 0.2) is 0 Å². The summed E-state index contributed by atoms with van der Waals surface area (Å²) in [6, 6.07) is 7.79. The Morgan fingerprint density at radius 1 is 1.35 bits per heavy atom. The van der Waals surface area contributed by atoms with E-state index in [4.69, 9.17) is 4.74 Å². The number of benzene rings is 1. The van der Waals surface area contributed by atoms with Crippen molar-refractivity contribution in [1.82, 2.24) is 0 Å². The first kappa shape index (κ1) is 13.5. The number of hydrogen-bond donors (Lipinski definition) is 0. The highest BCUT2D eigenvalue weighted by molar-refractivity contribution is 5.81. The standard InChI is InChI=1S/C15H20O2/c1-5-12(10-15(16)11(2)3)13-6-8-14(17-4)9-7-13/h5-9,11-12H,1,10H2,2-4H3. The number of carbonyl (C=O) groups is 1. The molecule has 17 heavy (non-hydrogen) atoms. The van der Waals surface area contributed by atoms with Crippen LogP contribution in [0, 0.1) is 5.92 Å². The van der Waals surface area contributed by atoms with E-state index in [0.717, 1.165) is 11.3 Å². The maximum absolute atomic E-state index is 11.7. The highest BCUT2D eigenvalue weighted by atomic mass is 16.5. The van der Waals surface area contributed by atoms with Crippen molar-refractivity contribution < 1.29 is 9.53 Å². The van der Waals surface area contributed by atoms with Crippen LogP contribution in [0.25, 0.3) is 0 Å². The number of allylic oxidation sites excluding steroid dienone is 1.